The number of nitrogens with zero attached hydrogens (tertiary/aromatic N) is 6. The van der Waals surface area contributed by atoms with Gasteiger partial charge in [-0.15, -0.1) is 5.10 Å². The lowest BCUT2D eigenvalue weighted by Gasteiger charge is -2.39. The number of rotatable bonds is 13. The predicted molar refractivity (Wildman–Crippen MR) is 114 cm³/mol. The van der Waals surface area contributed by atoms with Gasteiger partial charge in [0.1, 0.15) is 0 Å². The molecule has 0 bridgehead atoms. The van der Waals surface area contributed by atoms with Crippen LogP contribution in [0.1, 0.15) is 46.9 Å². The minimum absolute atomic E-state index is 0.0675. The van der Waals surface area contributed by atoms with Crippen LogP contribution in [0, 0.1) is 0 Å². The van der Waals surface area contributed by atoms with Gasteiger partial charge in [0.05, 0.1) is 25.2 Å². The van der Waals surface area contributed by atoms with Crippen molar-refractivity contribution in [2.75, 3.05) is 13.2 Å². The van der Waals surface area contributed by atoms with Crippen molar-refractivity contribution in [2.45, 2.75) is 71.2 Å². The lowest BCUT2D eigenvalue weighted by Crippen LogP contribution is -2.55. The predicted octanol–water partition coefficient (Wildman–Crippen LogP) is 1.27. The topological polar surface area (TPSA) is 112 Å². The Morgan fingerprint density at radius 2 is 2.17 bits per heavy atom. The van der Waals surface area contributed by atoms with Crippen LogP contribution in [0.25, 0.3) is 0 Å². The van der Waals surface area contributed by atoms with E-state index in [4.69, 9.17) is 4.74 Å². The molecule has 1 amide bonds. The maximum absolute atomic E-state index is 12.0. The van der Waals surface area contributed by atoms with Crippen LogP contribution in [0.2, 0.25) is 0 Å². The van der Waals surface area contributed by atoms with Crippen molar-refractivity contribution in [3.8, 4) is 0 Å². The number of ether oxygens (including phenoxy) is 1. The van der Waals surface area contributed by atoms with Crippen LogP contribution < -0.4 is 10.6 Å². The number of hydrogen-bond acceptors (Lipinski definition) is 7. The minimum Gasteiger partial charge on any atom is -0.380 e. The molecule has 2 atom stereocenters. The van der Waals surface area contributed by atoms with Gasteiger partial charge in [0.25, 0.3) is 0 Å². The van der Waals surface area contributed by atoms with E-state index in [0.717, 1.165) is 0 Å². The lowest BCUT2D eigenvalue weighted by atomic mass is 9.84. The number of hydrogen-bond donors (Lipinski definition) is 2. The van der Waals surface area contributed by atoms with Crippen molar-refractivity contribution in [3.05, 3.63) is 36.9 Å². The van der Waals surface area contributed by atoms with Gasteiger partial charge in [-0.3, -0.25) is 9.48 Å². The molecule has 10 heteroatoms. The highest BCUT2D eigenvalue weighted by Gasteiger charge is 2.39. The fourth-order valence-corrected chi connectivity index (χ4v) is 3.83. The molecule has 2 heterocycles. The summed E-state index contributed by atoms with van der Waals surface area (Å²) in [5.41, 5.74) is -1.16. The molecule has 2 rings (SSSR count). The zero-order valence-corrected chi connectivity index (χ0v) is 18.6. The maximum atomic E-state index is 12.0. The van der Waals surface area contributed by atoms with Crippen LogP contribution >= 0.6 is 0 Å². The third kappa shape index (κ3) is 6.74. The Balaban J connectivity index is 2.28. The number of nitrogens with one attached hydrogen (secondary N) is 2. The van der Waals surface area contributed by atoms with Gasteiger partial charge in [0, 0.05) is 30.6 Å². The van der Waals surface area contributed by atoms with E-state index in [9.17, 15) is 4.79 Å². The third-order valence-corrected chi connectivity index (χ3v) is 4.70. The number of carbonyl (C=O) groups is 1. The summed E-state index contributed by atoms with van der Waals surface area (Å²) in [6.07, 6.45) is 5.51. The van der Waals surface area contributed by atoms with E-state index >= 15 is 0 Å². The highest BCUT2D eigenvalue weighted by molar-refractivity contribution is 5.87. The van der Waals surface area contributed by atoms with E-state index in [-0.39, 0.29) is 11.9 Å². The summed E-state index contributed by atoms with van der Waals surface area (Å²) in [7, 11) is 0. The van der Waals surface area contributed by atoms with Crippen LogP contribution in [0.15, 0.2) is 31.1 Å². The van der Waals surface area contributed by atoms with E-state index in [2.05, 4.69) is 51.7 Å². The maximum Gasteiger partial charge on any atom is 0.243 e. The summed E-state index contributed by atoms with van der Waals surface area (Å²) in [5.74, 6) is 0.471. The highest BCUT2D eigenvalue weighted by Crippen LogP contribution is 2.29. The Morgan fingerprint density at radius 1 is 1.40 bits per heavy atom. The zero-order chi connectivity index (χ0) is 22.2. The zero-order valence-electron chi connectivity index (χ0n) is 18.6. The lowest BCUT2D eigenvalue weighted by molar-refractivity contribution is -0.118. The third-order valence-electron chi connectivity index (χ3n) is 4.70. The van der Waals surface area contributed by atoms with Crippen LogP contribution in [-0.2, 0) is 28.2 Å². The van der Waals surface area contributed by atoms with Gasteiger partial charge in [-0.2, -0.15) is 5.10 Å². The van der Waals surface area contributed by atoms with E-state index in [1.807, 2.05) is 37.7 Å². The smallest absolute Gasteiger partial charge is 0.243 e. The average molecular weight is 419 g/mol. The van der Waals surface area contributed by atoms with Crippen molar-refractivity contribution < 1.29 is 9.53 Å². The normalized spacial score (nSPS) is 14.8. The number of tetrazole rings is 1. The standard InChI is InChI=1S/C20H34N8O2/c1-7-17(29)23-19(4,5)15-20(6,22-16(3)14-27-11-9-10-21-27)18-24-25-26-28(18)12-13-30-8-2/h7,9-11,16,22H,1,8,12-15H2,2-6H3,(H,23,29). The molecule has 10 nitrogen and oxygen atoms in total. The Hall–Kier alpha value is -2.59. The first-order chi connectivity index (χ1) is 14.2. The Bertz CT molecular complexity index is 802. The molecule has 0 aliphatic heterocycles. The molecule has 0 aliphatic rings. The summed E-state index contributed by atoms with van der Waals surface area (Å²) < 4.78 is 9.11. The van der Waals surface area contributed by atoms with Gasteiger partial charge in [0.2, 0.25) is 5.91 Å². The summed E-state index contributed by atoms with van der Waals surface area (Å²) >= 11 is 0. The second-order valence-corrected chi connectivity index (χ2v) is 8.28. The van der Waals surface area contributed by atoms with Crippen molar-refractivity contribution in [1.82, 2.24) is 40.6 Å². The quantitative estimate of drug-likeness (QED) is 0.372. The van der Waals surface area contributed by atoms with Crippen molar-refractivity contribution in [1.29, 1.82) is 0 Å². The molecule has 0 aromatic carbocycles. The Morgan fingerprint density at radius 3 is 2.80 bits per heavy atom. The fraction of sp³-hybridized carbons (Fsp3) is 0.650. The SMILES string of the molecule is C=CC(=O)NC(C)(C)CC(C)(NC(C)Cn1cccn1)c1nnnn1CCOCC. The van der Waals surface area contributed by atoms with E-state index in [0.29, 0.717) is 38.5 Å². The van der Waals surface area contributed by atoms with E-state index in [1.165, 1.54) is 6.08 Å². The first-order valence-electron chi connectivity index (χ1n) is 10.2. The second kappa shape index (κ2) is 10.4. The first kappa shape index (κ1) is 23.7. The molecule has 2 aromatic rings. The van der Waals surface area contributed by atoms with Crippen LogP contribution in [0.5, 0.6) is 0 Å². The van der Waals surface area contributed by atoms with Gasteiger partial charge >= 0.3 is 0 Å². The molecule has 166 valence electrons. The molecule has 2 aromatic heterocycles. The van der Waals surface area contributed by atoms with Crippen LogP contribution in [0.3, 0.4) is 0 Å². The molecule has 0 fully saturated rings. The Labute approximate surface area is 178 Å². The molecular weight excluding hydrogens is 384 g/mol. The fourth-order valence-electron chi connectivity index (χ4n) is 3.83. The van der Waals surface area contributed by atoms with E-state index in [1.54, 1.807) is 10.9 Å². The molecule has 0 spiro atoms. The average Bonchev–Trinajstić information content (AvgIpc) is 3.32. The van der Waals surface area contributed by atoms with Crippen molar-refractivity contribution >= 4 is 5.91 Å². The molecule has 0 aliphatic carbocycles. The summed E-state index contributed by atoms with van der Waals surface area (Å²) in [5, 5.41) is 23.3. The van der Waals surface area contributed by atoms with Gasteiger partial charge in [-0.05, 0) is 63.6 Å². The number of aromatic nitrogens is 6. The van der Waals surface area contributed by atoms with Crippen molar-refractivity contribution in [3.63, 3.8) is 0 Å². The van der Waals surface area contributed by atoms with E-state index < -0.39 is 11.1 Å². The Kier molecular flexibility index (Phi) is 8.24. The second-order valence-electron chi connectivity index (χ2n) is 8.28. The summed E-state index contributed by atoms with van der Waals surface area (Å²) in [4.78, 5) is 12.0. The monoisotopic (exact) mass is 418 g/mol. The van der Waals surface area contributed by atoms with Crippen molar-refractivity contribution in [2.24, 2.45) is 0 Å². The molecule has 2 unspecified atom stereocenters. The van der Waals surface area contributed by atoms with Gasteiger partial charge < -0.3 is 15.4 Å². The van der Waals surface area contributed by atoms with Gasteiger partial charge in [-0.25, -0.2) is 4.68 Å². The van der Waals surface area contributed by atoms with Gasteiger partial charge in [0.15, 0.2) is 5.82 Å². The number of carbonyl (C=O) groups excluding carboxylic acids is 1. The molecule has 2 N–H and O–H groups in total. The van der Waals surface area contributed by atoms with Crippen LogP contribution in [0.4, 0.5) is 0 Å². The number of amides is 1. The minimum atomic E-state index is -0.625. The van der Waals surface area contributed by atoms with Gasteiger partial charge in [-0.1, -0.05) is 6.58 Å². The van der Waals surface area contributed by atoms with Crippen LogP contribution in [-0.4, -0.2) is 60.7 Å². The molecular formula is C20H34N8O2. The molecule has 0 saturated carbocycles. The molecule has 0 radical (unpaired) electrons. The first-order valence-corrected chi connectivity index (χ1v) is 10.2. The summed E-state index contributed by atoms with van der Waals surface area (Å²) in [6, 6.07) is 1.96. The molecule has 0 saturated heterocycles. The molecule has 30 heavy (non-hydrogen) atoms. The summed E-state index contributed by atoms with van der Waals surface area (Å²) in [6.45, 7) is 16.0. The largest absolute Gasteiger partial charge is 0.380 e. The highest BCUT2D eigenvalue weighted by atomic mass is 16.5.